The third kappa shape index (κ3) is 13.0. The van der Waals surface area contributed by atoms with Crippen LogP contribution in [0.4, 0.5) is 5.69 Å². The Bertz CT molecular complexity index is 1640. The zero-order chi connectivity index (χ0) is 43.1. The van der Waals surface area contributed by atoms with Crippen molar-refractivity contribution in [1.82, 2.24) is 25.3 Å². The molecule has 2 unspecified atom stereocenters. The van der Waals surface area contributed by atoms with Gasteiger partial charge in [-0.05, 0) is 55.0 Å². The molecule has 4 amide bonds. The Kier molecular flexibility index (Phi) is 19.1. The number of rotatable bonds is 22. The maximum absolute atomic E-state index is 14.2. The van der Waals surface area contributed by atoms with Crippen molar-refractivity contribution in [3.63, 3.8) is 0 Å². The number of hydrogen-bond donors (Lipinski definition) is 3. The number of esters is 1. The predicted octanol–water partition coefficient (Wildman–Crippen LogP) is 3.66. The molecule has 4 N–H and O–H groups in total. The molecule has 0 spiro atoms. The van der Waals surface area contributed by atoms with E-state index in [-0.39, 0.29) is 54.9 Å². The lowest BCUT2D eigenvalue weighted by Gasteiger charge is -2.39. The summed E-state index contributed by atoms with van der Waals surface area (Å²) in [5.41, 5.74) is 8.47. The van der Waals surface area contributed by atoms with E-state index in [1.165, 1.54) is 21.3 Å². The van der Waals surface area contributed by atoms with Gasteiger partial charge < -0.3 is 40.4 Å². The van der Waals surface area contributed by atoms with Gasteiger partial charge >= 0.3 is 5.97 Å². The summed E-state index contributed by atoms with van der Waals surface area (Å²) in [7, 11) is 7.91. The first-order valence-electron chi connectivity index (χ1n) is 20.4. The summed E-state index contributed by atoms with van der Waals surface area (Å²) in [5, 5.41) is 5.72. The number of nitrogen functional groups attached to an aromatic ring is 1. The summed E-state index contributed by atoms with van der Waals surface area (Å²) >= 11 is 0. The average molecular weight is 809 g/mol. The quantitative estimate of drug-likeness (QED) is 0.118. The number of carbonyl (C=O) groups excluding carboxylic acids is 5. The van der Waals surface area contributed by atoms with Crippen molar-refractivity contribution in [1.29, 1.82) is 0 Å². The zero-order valence-electron chi connectivity index (χ0n) is 36.2. The number of benzene rings is 2. The van der Waals surface area contributed by atoms with Crippen LogP contribution in [0.25, 0.3) is 0 Å². The SMILES string of the molecule is CC[C@H](C)C([C@@H](CC(=O)N1CCC[C@H]1[C@H](OC)[C@@H](C)C(=O)N[C@@H](Cc1ccccc1)C(=O)OC)OC)N(C)C(=O)CNC(=O)C(C(C)C)N(C)Cc1cccc(N)c1. The van der Waals surface area contributed by atoms with Gasteiger partial charge in [-0.2, -0.15) is 0 Å². The van der Waals surface area contributed by atoms with E-state index < -0.39 is 48.3 Å². The Labute approximate surface area is 345 Å². The molecule has 8 atom stereocenters. The van der Waals surface area contributed by atoms with Gasteiger partial charge in [0.05, 0.1) is 56.3 Å². The molecule has 0 bridgehead atoms. The molecule has 0 saturated carbocycles. The Balaban J connectivity index is 1.70. The number of nitrogens with two attached hydrogens (primary N) is 1. The first-order chi connectivity index (χ1) is 27.6. The summed E-state index contributed by atoms with van der Waals surface area (Å²) in [5.74, 6) is -2.45. The highest BCUT2D eigenvalue weighted by molar-refractivity contribution is 5.88. The van der Waals surface area contributed by atoms with Crippen LogP contribution in [-0.4, -0.2) is 129 Å². The van der Waals surface area contributed by atoms with Crippen molar-refractivity contribution in [2.45, 2.75) is 110 Å². The number of hydrogen-bond acceptors (Lipinski definition) is 10. The zero-order valence-corrected chi connectivity index (χ0v) is 36.2. The fourth-order valence-corrected chi connectivity index (χ4v) is 8.30. The lowest BCUT2D eigenvalue weighted by Crippen LogP contribution is -2.55. The Morgan fingerprint density at radius 3 is 2.17 bits per heavy atom. The number of nitrogens with zero attached hydrogens (tertiary/aromatic N) is 3. The highest BCUT2D eigenvalue weighted by atomic mass is 16.5. The predicted molar refractivity (Wildman–Crippen MR) is 224 cm³/mol. The fraction of sp³-hybridized carbons (Fsp3) is 0.614. The van der Waals surface area contributed by atoms with E-state index >= 15 is 0 Å². The van der Waals surface area contributed by atoms with E-state index in [9.17, 15) is 24.0 Å². The fourth-order valence-electron chi connectivity index (χ4n) is 8.30. The van der Waals surface area contributed by atoms with Crippen molar-refractivity contribution < 1.29 is 38.2 Å². The van der Waals surface area contributed by atoms with Crippen LogP contribution in [0.15, 0.2) is 54.6 Å². The van der Waals surface area contributed by atoms with E-state index in [4.69, 9.17) is 19.9 Å². The van der Waals surface area contributed by atoms with Crippen LogP contribution in [0.5, 0.6) is 0 Å². The third-order valence-electron chi connectivity index (χ3n) is 11.6. The highest BCUT2D eigenvalue weighted by Crippen LogP contribution is 2.29. The van der Waals surface area contributed by atoms with Gasteiger partial charge in [-0.25, -0.2) is 4.79 Å². The Morgan fingerprint density at radius 2 is 1.59 bits per heavy atom. The molecule has 1 saturated heterocycles. The molecule has 322 valence electrons. The van der Waals surface area contributed by atoms with Crippen LogP contribution in [0.2, 0.25) is 0 Å². The molecule has 1 aliphatic rings. The first-order valence-corrected chi connectivity index (χ1v) is 20.4. The Morgan fingerprint density at radius 1 is 0.914 bits per heavy atom. The second kappa shape index (κ2) is 23.2. The topological polar surface area (TPSA) is 173 Å². The molecule has 2 aromatic rings. The molecule has 1 fully saturated rings. The van der Waals surface area contributed by atoms with E-state index in [1.807, 2.05) is 94.2 Å². The molecular formula is C44H68N6O8. The number of amides is 4. The summed E-state index contributed by atoms with van der Waals surface area (Å²) in [6, 6.07) is 14.6. The molecule has 14 heteroatoms. The lowest BCUT2D eigenvalue weighted by atomic mass is 9.90. The number of likely N-dealkylation sites (N-methyl/N-ethyl adjacent to an activating group) is 2. The maximum Gasteiger partial charge on any atom is 0.328 e. The van der Waals surface area contributed by atoms with Crippen molar-refractivity contribution in [3.8, 4) is 0 Å². The van der Waals surface area contributed by atoms with Gasteiger partial charge in [0, 0.05) is 46.5 Å². The van der Waals surface area contributed by atoms with Crippen LogP contribution >= 0.6 is 0 Å². The van der Waals surface area contributed by atoms with Gasteiger partial charge in [-0.1, -0.05) is 83.5 Å². The van der Waals surface area contributed by atoms with Gasteiger partial charge in [0.15, 0.2) is 0 Å². The van der Waals surface area contributed by atoms with Gasteiger partial charge in [-0.15, -0.1) is 0 Å². The number of carbonyl (C=O) groups is 5. The number of likely N-dealkylation sites (tertiary alicyclic amines) is 1. The van der Waals surface area contributed by atoms with E-state index in [1.54, 1.807) is 23.8 Å². The Hall–Kier alpha value is -4.53. The number of anilines is 1. The van der Waals surface area contributed by atoms with Gasteiger partial charge in [-0.3, -0.25) is 24.1 Å². The monoisotopic (exact) mass is 809 g/mol. The summed E-state index contributed by atoms with van der Waals surface area (Å²) < 4.78 is 16.9. The number of ether oxygens (including phenoxy) is 3. The minimum absolute atomic E-state index is 0.00525. The van der Waals surface area contributed by atoms with Crippen molar-refractivity contribution in [3.05, 3.63) is 65.7 Å². The van der Waals surface area contributed by atoms with Crippen LogP contribution in [0, 0.1) is 17.8 Å². The van der Waals surface area contributed by atoms with Crippen LogP contribution in [0.1, 0.15) is 71.4 Å². The molecular weight excluding hydrogens is 741 g/mol. The number of methoxy groups -OCH3 is 3. The molecule has 14 nitrogen and oxygen atoms in total. The second-order valence-corrected chi connectivity index (χ2v) is 16.0. The highest BCUT2D eigenvalue weighted by Gasteiger charge is 2.42. The normalized spacial score (nSPS) is 17.8. The van der Waals surface area contributed by atoms with Crippen molar-refractivity contribution in [2.75, 3.05) is 54.2 Å². The van der Waals surface area contributed by atoms with Crippen molar-refractivity contribution in [2.24, 2.45) is 17.8 Å². The molecule has 1 aliphatic heterocycles. The molecule has 0 radical (unpaired) electrons. The largest absolute Gasteiger partial charge is 0.467 e. The van der Waals surface area contributed by atoms with E-state index in [2.05, 4.69) is 10.6 Å². The summed E-state index contributed by atoms with van der Waals surface area (Å²) in [6.07, 6.45) is 1.02. The third-order valence-corrected chi connectivity index (χ3v) is 11.6. The smallest absolute Gasteiger partial charge is 0.328 e. The van der Waals surface area contributed by atoms with Crippen LogP contribution in [0.3, 0.4) is 0 Å². The molecule has 0 aromatic heterocycles. The molecule has 0 aliphatic carbocycles. The second-order valence-electron chi connectivity index (χ2n) is 16.0. The van der Waals surface area contributed by atoms with Crippen LogP contribution in [-0.2, 0) is 51.1 Å². The maximum atomic E-state index is 14.2. The number of nitrogens with one attached hydrogen (secondary N) is 2. The minimum Gasteiger partial charge on any atom is -0.467 e. The summed E-state index contributed by atoms with van der Waals surface area (Å²) in [4.78, 5) is 73.1. The van der Waals surface area contributed by atoms with Gasteiger partial charge in [0.25, 0.3) is 0 Å². The summed E-state index contributed by atoms with van der Waals surface area (Å²) in [6.45, 7) is 10.5. The minimum atomic E-state index is -0.896. The van der Waals surface area contributed by atoms with E-state index in [0.717, 1.165) is 17.5 Å². The standard InChI is InChI=1S/C44H68N6O8/c1-11-29(4)40(49(7)38(52)26-46-43(54)39(28(2)3)48(6)27-32-19-15-20-33(45)23-32)36(56-8)25-37(51)50-22-16-21-35(50)41(57-9)30(5)42(53)47-34(44(55)58-10)24-31-17-13-12-14-18-31/h12-15,17-20,23,28-30,34-36,39-41H,11,16,21-22,24-27,45H2,1-10H3,(H,46,54)(H,47,53)/t29-,30+,34-,35-,36+,39?,40?,41+/m0/s1. The lowest BCUT2D eigenvalue weighted by molar-refractivity contribution is -0.148. The average Bonchev–Trinajstić information content (AvgIpc) is 3.69. The molecule has 1 heterocycles. The molecule has 2 aromatic carbocycles. The first kappa shape index (κ1) is 47.8. The van der Waals surface area contributed by atoms with Crippen LogP contribution < -0.4 is 16.4 Å². The molecule has 3 rings (SSSR count). The van der Waals surface area contributed by atoms with Gasteiger partial charge in [0.1, 0.15) is 6.04 Å². The van der Waals surface area contributed by atoms with Crippen molar-refractivity contribution >= 4 is 35.3 Å². The van der Waals surface area contributed by atoms with Gasteiger partial charge in [0.2, 0.25) is 23.6 Å². The molecule has 58 heavy (non-hydrogen) atoms. The van der Waals surface area contributed by atoms with E-state index in [0.29, 0.717) is 31.6 Å².